The summed E-state index contributed by atoms with van der Waals surface area (Å²) in [6.07, 6.45) is 4.29. The predicted octanol–water partition coefficient (Wildman–Crippen LogP) is 3.07. The summed E-state index contributed by atoms with van der Waals surface area (Å²) in [5.74, 6) is -0.811. The van der Waals surface area contributed by atoms with Crippen LogP contribution < -0.4 is 9.64 Å². The molecular weight excluding hydrogens is 311 g/mol. The van der Waals surface area contributed by atoms with Gasteiger partial charge in [0.25, 0.3) is 0 Å². The van der Waals surface area contributed by atoms with Gasteiger partial charge in [0.15, 0.2) is 11.6 Å². The van der Waals surface area contributed by atoms with E-state index in [0.717, 1.165) is 30.3 Å². The molecule has 1 N–H and O–H groups in total. The Balaban J connectivity index is 1.79. The van der Waals surface area contributed by atoms with Crippen LogP contribution in [0.5, 0.6) is 5.75 Å². The van der Waals surface area contributed by atoms with Gasteiger partial charge in [0.2, 0.25) is 0 Å². The second kappa shape index (κ2) is 5.33. The Morgan fingerprint density at radius 3 is 3.04 bits per heavy atom. The van der Waals surface area contributed by atoms with Crippen molar-refractivity contribution < 1.29 is 19.0 Å². The molecule has 1 saturated heterocycles. The number of fused-ring (bicyclic) bond motifs is 2. The van der Waals surface area contributed by atoms with E-state index in [1.807, 2.05) is 6.07 Å². The van der Waals surface area contributed by atoms with Gasteiger partial charge in [-0.3, -0.25) is 9.78 Å². The molecule has 6 heteroatoms. The van der Waals surface area contributed by atoms with Crippen molar-refractivity contribution in [3.8, 4) is 5.75 Å². The van der Waals surface area contributed by atoms with E-state index in [1.165, 1.54) is 13.2 Å². The molecule has 0 amide bonds. The third-order valence-corrected chi connectivity index (χ3v) is 5.63. The van der Waals surface area contributed by atoms with Gasteiger partial charge in [-0.1, -0.05) is 6.42 Å². The van der Waals surface area contributed by atoms with Gasteiger partial charge in [0.05, 0.1) is 18.0 Å². The number of nitrogens with zero attached hydrogens (tertiary/aromatic N) is 2. The number of carboxylic acids is 1. The van der Waals surface area contributed by atoms with E-state index < -0.39 is 17.2 Å². The molecule has 1 aromatic carbocycles. The zero-order chi connectivity index (χ0) is 16.9. The van der Waals surface area contributed by atoms with Crippen LogP contribution in [0, 0.1) is 17.2 Å². The van der Waals surface area contributed by atoms with Gasteiger partial charge in [-0.2, -0.15) is 0 Å². The fraction of sp³-hybridized carbons (Fsp3) is 0.444. The Labute approximate surface area is 139 Å². The molecule has 2 aromatic rings. The summed E-state index contributed by atoms with van der Waals surface area (Å²) in [6.45, 7) is 1.21. The number of pyridine rings is 1. The van der Waals surface area contributed by atoms with Gasteiger partial charge in [0.1, 0.15) is 0 Å². The Morgan fingerprint density at radius 2 is 2.33 bits per heavy atom. The van der Waals surface area contributed by atoms with Crippen LogP contribution in [0.25, 0.3) is 10.9 Å². The number of carboxylic acid groups (broad SMARTS) is 1. The maximum Gasteiger partial charge on any atom is 0.311 e. The second-order valence-electron chi connectivity index (χ2n) is 6.76. The lowest BCUT2D eigenvalue weighted by Gasteiger charge is -2.25. The summed E-state index contributed by atoms with van der Waals surface area (Å²) in [7, 11) is 1.43. The number of aliphatic carboxylic acids is 1. The molecule has 24 heavy (non-hydrogen) atoms. The molecule has 2 heterocycles. The fourth-order valence-corrected chi connectivity index (χ4v) is 4.39. The van der Waals surface area contributed by atoms with Crippen LogP contribution in [-0.2, 0) is 4.79 Å². The minimum Gasteiger partial charge on any atom is -0.494 e. The average molecular weight is 330 g/mol. The van der Waals surface area contributed by atoms with Gasteiger partial charge in [-0.05, 0) is 30.9 Å². The molecular formula is C18H19FN2O3. The Bertz CT molecular complexity index is 825. The number of anilines is 1. The van der Waals surface area contributed by atoms with Crippen molar-refractivity contribution >= 4 is 22.6 Å². The van der Waals surface area contributed by atoms with Gasteiger partial charge >= 0.3 is 5.97 Å². The monoisotopic (exact) mass is 330 g/mol. The molecule has 4 rings (SSSR count). The minimum absolute atomic E-state index is 0.167. The van der Waals surface area contributed by atoms with Crippen molar-refractivity contribution in [1.82, 2.24) is 4.98 Å². The molecule has 0 bridgehead atoms. The molecule has 0 spiro atoms. The van der Waals surface area contributed by atoms with Gasteiger partial charge in [-0.25, -0.2) is 4.39 Å². The van der Waals surface area contributed by atoms with E-state index >= 15 is 0 Å². The lowest BCUT2D eigenvalue weighted by molar-refractivity contribution is -0.149. The standard InChI is InChI=1S/C18H19FN2O3/c1-24-16-7-12-14(8-13(16)19)20-6-4-15(12)21-9-11-3-2-5-18(11,10-21)17(22)23/h4,6-8,11H,2-3,5,9-10H2,1H3,(H,22,23)/t11-,18+/m0/s1. The number of carbonyl (C=O) groups is 1. The smallest absolute Gasteiger partial charge is 0.311 e. The van der Waals surface area contributed by atoms with Crippen molar-refractivity contribution in [3.05, 3.63) is 30.2 Å². The number of aromatic nitrogens is 1. The van der Waals surface area contributed by atoms with E-state index in [2.05, 4.69) is 9.88 Å². The Morgan fingerprint density at radius 1 is 1.50 bits per heavy atom. The number of ether oxygens (including phenoxy) is 1. The SMILES string of the molecule is COc1cc2c(N3C[C@@H]4CCC[C@@]4(C(=O)O)C3)ccnc2cc1F. The van der Waals surface area contributed by atoms with Crippen LogP contribution in [0.4, 0.5) is 10.1 Å². The highest BCUT2D eigenvalue weighted by Gasteiger charge is 2.55. The number of halogens is 1. The highest BCUT2D eigenvalue weighted by atomic mass is 19.1. The molecule has 1 saturated carbocycles. The number of hydrogen-bond donors (Lipinski definition) is 1. The van der Waals surface area contributed by atoms with Crippen LogP contribution in [-0.4, -0.2) is 36.3 Å². The van der Waals surface area contributed by atoms with Crippen molar-refractivity contribution in [2.75, 3.05) is 25.1 Å². The molecule has 0 radical (unpaired) electrons. The van der Waals surface area contributed by atoms with Gasteiger partial charge < -0.3 is 14.7 Å². The largest absolute Gasteiger partial charge is 0.494 e. The van der Waals surface area contributed by atoms with E-state index in [1.54, 1.807) is 12.3 Å². The lowest BCUT2D eigenvalue weighted by atomic mass is 9.81. The first kappa shape index (κ1) is 15.2. The number of rotatable bonds is 3. The Hall–Kier alpha value is -2.37. The molecule has 5 nitrogen and oxygen atoms in total. The van der Waals surface area contributed by atoms with E-state index in [-0.39, 0.29) is 11.7 Å². The highest BCUT2D eigenvalue weighted by molar-refractivity contribution is 5.93. The van der Waals surface area contributed by atoms with E-state index in [4.69, 9.17) is 4.74 Å². The summed E-state index contributed by atoms with van der Waals surface area (Å²) < 4.78 is 19.0. The van der Waals surface area contributed by atoms with Crippen LogP contribution in [0.1, 0.15) is 19.3 Å². The van der Waals surface area contributed by atoms with E-state index in [0.29, 0.717) is 18.6 Å². The third kappa shape index (κ3) is 2.05. The summed E-state index contributed by atoms with van der Waals surface area (Å²) in [4.78, 5) is 18.2. The first-order valence-electron chi connectivity index (χ1n) is 8.16. The van der Waals surface area contributed by atoms with Crippen LogP contribution in [0.3, 0.4) is 0 Å². The molecule has 2 aliphatic rings. The quantitative estimate of drug-likeness (QED) is 0.937. The molecule has 0 unspecified atom stereocenters. The summed E-state index contributed by atoms with van der Waals surface area (Å²) in [5.41, 5.74) is 0.792. The van der Waals surface area contributed by atoms with Crippen LogP contribution >= 0.6 is 0 Å². The molecule has 2 fully saturated rings. The fourth-order valence-electron chi connectivity index (χ4n) is 4.39. The summed E-state index contributed by atoms with van der Waals surface area (Å²) >= 11 is 0. The van der Waals surface area contributed by atoms with Crippen molar-refractivity contribution in [1.29, 1.82) is 0 Å². The van der Waals surface area contributed by atoms with Crippen molar-refractivity contribution in [2.24, 2.45) is 11.3 Å². The first-order valence-corrected chi connectivity index (χ1v) is 8.16. The van der Waals surface area contributed by atoms with Crippen molar-refractivity contribution in [2.45, 2.75) is 19.3 Å². The van der Waals surface area contributed by atoms with Gasteiger partial charge in [-0.15, -0.1) is 0 Å². The van der Waals surface area contributed by atoms with E-state index in [9.17, 15) is 14.3 Å². The van der Waals surface area contributed by atoms with Crippen LogP contribution in [0.15, 0.2) is 24.4 Å². The number of hydrogen-bond acceptors (Lipinski definition) is 4. The number of benzene rings is 1. The highest BCUT2D eigenvalue weighted by Crippen LogP contribution is 2.50. The molecule has 1 aliphatic carbocycles. The maximum absolute atomic E-state index is 13.9. The Kier molecular flexibility index (Phi) is 3.37. The third-order valence-electron chi connectivity index (χ3n) is 5.63. The molecule has 1 aliphatic heterocycles. The van der Waals surface area contributed by atoms with Crippen LogP contribution in [0.2, 0.25) is 0 Å². The zero-order valence-electron chi connectivity index (χ0n) is 13.5. The lowest BCUT2D eigenvalue weighted by Crippen LogP contribution is -2.35. The molecule has 126 valence electrons. The van der Waals surface area contributed by atoms with Crippen molar-refractivity contribution in [3.63, 3.8) is 0 Å². The predicted molar refractivity (Wildman–Crippen MR) is 87.9 cm³/mol. The second-order valence-corrected chi connectivity index (χ2v) is 6.76. The maximum atomic E-state index is 13.9. The first-order chi connectivity index (χ1) is 11.5. The molecule has 1 aromatic heterocycles. The summed E-state index contributed by atoms with van der Waals surface area (Å²) in [6, 6.07) is 4.88. The number of methoxy groups -OCH3 is 1. The normalized spacial score (nSPS) is 25.9. The zero-order valence-corrected chi connectivity index (χ0v) is 13.5. The average Bonchev–Trinajstić information content (AvgIpc) is 3.11. The summed E-state index contributed by atoms with van der Waals surface area (Å²) in [5, 5.41) is 10.6. The van der Waals surface area contributed by atoms with Gasteiger partial charge in [0, 0.05) is 36.4 Å². The topological polar surface area (TPSA) is 62.7 Å². The minimum atomic E-state index is -0.700. The molecule has 2 atom stereocenters.